The van der Waals surface area contributed by atoms with Crippen molar-refractivity contribution in [2.24, 2.45) is 0 Å². The van der Waals surface area contributed by atoms with Gasteiger partial charge in [0.05, 0.1) is 9.50 Å². The smallest absolute Gasteiger partial charge is 0.168 e. The molecule has 0 unspecified atom stereocenters. The molecular weight excluding hydrogens is 319 g/mol. The third kappa shape index (κ3) is 2.98. The lowest BCUT2D eigenvalue weighted by molar-refractivity contribution is 0.0993. The van der Waals surface area contributed by atoms with E-state index in [4.69, 9.17) is 11.6 Å². The predicted molar refractivity (Wildman–Crippen MR) is 73.6 cm³/mol. The van der Waals surface area contributed by atoms with E-state index in [9.17, 15) is 9.18 Å². The molecular formula is C14H9BrClFO. The highest BCUT2D eigenvalue weighted by Gasteiger charge is 2.11. The Kier molecular flexibility index (Phi) is 4.15. The second kappa shape index (κ2) is 5.63. The van der Waals surface area contributed by atoms with Crippen LogP contribution in [0.1, 0.15) is 15.9 Å². The molecule has 0 amide bonds. The fourth-order valence-corrected chi connectivity index (χ4v) is 2.28. The molecule has 0 aliphatic rings. The van der Waals surface area contributed by atoms with Crippen LogP contribution in [0.15, 0.2) is 46.9 Å². The lowest BCUT2D eigenvalue weighted by Gasteiger charge is -2.04. The van der Waals surface area contributed by atoms with Crippen LogP contribution in [0, 0.1) is 5.82 Å². The van der Waals surface area contributed by atoms with Crippen LogP contribution in [-0.4, -0.2) is 5.78 Å². The van der Waals surface area contributed by atoms with E-state index in [-0.39, 0.29) is 18.0 Å². The molecule has 0 saturated carbocycles. The number of benzene rings is 2. The SMILES string of the molecule is O=C(Cc1ccc(F)c(Br)c1)c1ccccc1Cl. The quantitative estimate of drug-likeness (QED) is 0.749. The van der Waals surface area contributed by atoms with Crippen LogP contribution in [0.4, 0.5) is 4.39 Å². The van der Waals surface area contributed by atoms with Crippen molar-refractivity contribution < 1.29 is 9.18 Å². The third-order valence-corrected chi connectivity index (χ3v) is 3.46. The first-order valence-electron chi connectivity index (χ1n) is 5.29. The zero-order chi connectivity index (χ0) is 13.1. The van der Waals surface area contributed by atoms with Gasteiger partial charge in [-0.15, -0.1) is 0 Å². The maximum atomic E-state index is 13.1. The van der Waals surface area contributed by atoms with E-state index < -0.39 is 0 Å². The molecule has 1 nitrogen and oxygen atoms in total. The first-order chi connectivity index (χ1) is 8.58. The Morgan fingerprint density at radius 3 is 2.61 bits per heavy atom. The number of rotatable bonds is 3. The van der Waals surface area contributed by atoms with Crippen LogP contribution >= 0.6 is 27.5 Å². The van der Waals surface area contributed by atoms with E-state index in [1.165, 1.54) is 6.07 Å². The van der Waals surface area contributed by atoms with E-state index in [2.05, 4.69) is 15.9 Å². The Morgan fingerprint density at radius 2 is 1.94 bits per heavy atom. The molecule has 2 aromatic rings. The lowest BCUT2D eigenvalue weighted by Crippen LogP contribution is -2.04. The second-order valence-corrected chi connectivity index (χ2v) is 5.09. The lowest BCUT2D eigenvalue weighted by atomic mass is 10.0. The molecule has 0 saturated heterocycles. The first-order valence-corrected chi connectivity index (χ1v) is 6.46. The molecule has 0 spiro atoms. The molecule has 4 heteroatoms. The van der Waals surface area contributed by atoms with E-state index in [1.807, 2.05) is 0 Å². The minimum absolute atomic E-state index is 0.0842. The van der Waals surface area contributed by atoms with Gasteiger partial charge in [0.2, 0.25) is 0 Å². The highest BCUT2D eigenvalue weighted by Crippen LogP contribution is 2.20. The molecule has 0 atom stereocenters. The zero-order valence-corrected chi connectivity index (χ0v) is 11.6. The van der Waals surface area contributed by atoms with Crippen molar-refractivity contribution in [3.8, 4) is 0 Å². The molecule has 0 radical (unpaired) electrons. The van der Waals surface area contributed by atoms with E-state index in [1.54, 1.807) is 36.4 Å². The largest absolute Gasteiger partial charge is 0.294 e. The highest BCUT2D eigenvalue weighted by molar-refractivity contribution is 9.10. The Hall–Kier alpha value is -1.19. The van der Waals surface area contributed by atoms with Gasteiger partial charge in [0, 0.05) is 12.0 Å². The molecule has 2 aromatic carbocycles. The number of carbonyl (C=O) groups excluding carboxylic acids is 1. The number of hydrogen-bond acceptors (Lipinski definition) is 1. The van der Waals surface area contributed by atoms with Gasteiger partial charge in [0.1, 0.15) is 5.82 Å². The Bertz CT molecular complexity index is 598. The van der Waals surface area contributed by atoms with Gasteiger partial charge in [-0.25, -0.2) is 4.39 Å². The maximum absolute atomic E-state index is 13.1. The normalized spacial score (nSPS) is 10.4. The van der Waals surface area contributed by atoms with Gasteiger partial charge in [0.15, 0.2) is 5.78 Å². The van der Waals surface area contributed by atoms with Crippen molar-refractivity contribution in [2.75, 3.05) is 0 Å². The number of hydrogen-bond donors (Lipinski definition) is 0. The average molecular weight is 328 g/mol. The van der Waals surface area contributed by atoms with Crippen LogP contribution in [-0.2, 0) is 6.42 Å². The highest BCUT2D eigenvalue weighted by atomic mass is 79.9. The molecule has 0 aromatic heterocycles. The molecule has 0 N–H and O–H groups in total. The van der Waals surface area contributed by atoms with Crippen molar-refractivity contribution in [2.45, 2.75) is 6.42 Å². The van der Waals surface area contributed by atoms with Crippen molar-refractivity contribution in [1.82, 2.24) is 0 Å². The van der Waals surface area contributed by atoms with Crippen molar-refractivity contribution in [3.05, 3.63) is 68.9 Å². The number of Topliss-reactive ketones (excluding diaryl/α,β-unsaturated/α-hetero) is 1. The van der Waals surface area contributed by atoms with Crippen molar-refractivity contribution in [1.29, 1.82) is 0 Å². The van der Waals surface area contributed by atoms with Crippen LogP contribution in [0.3, 0.4) is 0 Å². The molecule has 0 bridgehead atoms. The number of ketones is 1. The van der Waals surface area contributed by atoms with Gasteiger partial charge in [-0.3, -0.25) is 4.79 Å². The Labute approximate surface area is 118 Å². The molecule has 0 aliphatic carbocycles. The van der Waals surface area contributed by atoms with Crippen molar-refractivity contribution in [3.63, 3.8) is 0 Å². The number of halogens is 3. The average Bonchev–Trinajstić information content (AvgIpc) is 2.34. The summed E-state index contributed by atoms with van der Waals surface area (Å²) >= 11 is 9.05. The second-order valence-electron chi connectivity index (χ2n) is 3.83. The summed E-state index contributed by atoms with van der Waals surface area (Å²) < 4.78 is 13.4. The third-order valence-electron chi connectivity index (χ3n) is 2.52. The monoisotopic (exact) mass is 326 g/mol. The summed E-state index contributed by atoms with van der Waals surface area (Å²) in [6.07, 6.45) is 0.197. The summed E-state index contributed by atoms with van der Waals surface area (Å²) in [6, 6.07) is 11.4. The van der Waals surface area contributed by atoms with Crippen LogP contribution in [0.2, 0.25) is 5.02 Å². The minimum atomic E-state index is -0.344. The predicted octanol–water partition coefficient (Wildman–Crippen LogP) is 4.67. The molecule has 92 valence electrons. The molecule has 0 fully saturated rings. The van der Waals surface area contributed by atoms with Gasteiger partial charge in [-0.05, 0) is 45.8 Å². The van der Waals surface area contributed by atoms with Gasteiger partial charge < -0.3 is 0 Å². The van der Waals surface area contributed by atoms with Crippen LogP contribution < -0.4 is 0 Å². The summed E-state index contributed by atoms with van der Waals surface area (Å²) in [5, 5.41) is 0.434. The van der Waals surface area contributed by atoms with E-state index >= 15 is 0 Å². The summed E-state index contributed by atoms with van der Waals surface area (Å²) in [6.45, 7) is 0. The molecule has 18 heavy (non-hydrogen) atoms. The van der Waals surface area contributed by atoms with Crippen LogP contribution in [0.5, 0.6) is 0 Å². The molecule has 0 heterocycles. The topological polar surface area (TPSA) is 17.1 Å². The number of carbonyl (C=O) groups is 1. The van der Waals surface area contributed by atoms with Crippen LogP contribution in [0.25, 0.3) is 0 Å². The van der Waals surface area contributed by atoms with Gasteiger partial charge in [-0.2, -0.15) is 0 Å². The summed E-state index contributed by atoms with van der Waals surface area (Å²) in [7, 11) is 0. The van der Waals surface area contributed by atoms with E-state index in [0.29, 0.717) is 15.1 Å². The van der Waals surface area contributed by atoms with Gasteiger partial charge >= 0.3 is 0 Å². The zero-order valence-electron chi connectivity index (χ0n) is 9.29. The summed E-state index contributed by atoms with van der Waals surface area (Å²) in [4.78, 5) is 12.0. The Morgan fingerprint density at radius 1 is 1.22 bits per heavy atom. The fourth-order valence-electron chi connectivity index (χ4n) is 1.62. The van der Waals surface area contributed by atoms with Crippen molar-refractivity contribution >= 4 is 33.3 Å². The Balaban J connectivity index is 2.22. The summed E-state index contributed by atoms with van der Waals surface area (Å²) in [5.74, 6) is -0.428. The van der Waals surface area contributed by atoms with Gasteiger partial charge in [0.25, 0.3) is 0 Å². The first kappa shape index (κ1) is 13.2. The fraction of sp³-hybridized carbons (Fsp3) is 0.0714. The standard InChI is InChI=1S/C14H9BrClFO/c15-11-7-9(5-6-13(11)17)8-14(18)10-3-1-2-4-12(10)16/h1-7H,8H2. The molecule has 2 rings (SSSR count). The maximum Gasteiger partial charge on any atom is 0.168 e. The van der Waals surface area contributed by atoms with Gasteiger partial charge in [-0.1, -0.05) is 29.8 Å². The summed E-state index contributed by atoms with van der Waals surface area (Å²) in [5.41, 5.74) is 1.23. The minimum Gasteiger partial charge on any atom is -0.294 e. The van der Waals surface area contributed by atoms with E-state index in [0.717, 1.165) is 5.56 Å². The molecule has 0 aliphatic heterocycles.